The zero-order valence-electron chi connectivity index (χ0n) is 14.7. The van der Waals surface area contributed by atoms with E-state index in [1.54, 1.807) is 32.4 Å². The summed E-state index contributed by atoms with van der Waals surface area (Å²) in [4.78, 5) is 4.33. The normalized spacial score (nSPS) is 11.1. The van der Waals surface area contributed by atoms with Crippen LogP contribution >= 0.6 is 0 Å². The number of aryl methyl sites for hydroxylation is 1. The summed E-state index contributed by atoms with van der Waals surface area (Å²) < 4.78 is 15.8. The first kappa shape index (κ1) is 17.2. The van der Waals surface area contributed by atoms with Crippen molar-refractivity contribution >= 4 is 11.6 Å². The maximum absolute atomic E-state index is 9.48. The van der Waals surface area contributed by atoms with Gasteiger partial charge in [0.05, 0.1) is 14.2 Å². The monoisotopic (exact) mass is 347 g/mol. The standard InChI is InChI=1S/C20H17N3O3/c1-13-4-7-15(8-5-13)19-22-20(26-23-19)16(12-21)10-14-6-9-17(24-2)18(11-14)25-3/h4-11H,1-3H3/b16-10+. The SMILES string of the molecule is COc1ccc(/C=C(\C#N)c2nc(-c3ccc(C)cc3)no2)cc1OC. The Kier molecular flexibility index (Phi) is 4.99. The van der Waals surface area contributed by atoms with Crippen LogP contribution in [0.3, 0.4) is 0 Å². The summed E-state index contributed by atoms with van der Waals surface area (Å²) >= 11 is 0. The van der Waals surface area contributed by atoms with Crippen LogP contribution in [0.1, 0.15) is 17.0 Å². The van der Waals surface area contributed by atoms with E-state index in [4.69, 9.17) is 14.0 Å². The molecular formula is C20H17N3O3. The third-order valence-electron chi connectivity index (χ3n) is 3.81. The number of ether oxygens (including phenoxy) is 2. The second-order valence-electron chi connectivity index (χ2n) is 5.57. The Balaban J connectivity index is 1.93. The van der Waals surface area contributed by atoms with Gasteiger partial charge in [0, 0.05) is 5.56 Å². The van der Waals surface area contributed by atoms with Crippen LogP contribution in [0.5, 0.6) is 11.5 Å². The minimum absolute atomic E-state index is 0.165. The molecule has 0 radical (unpaired) electrons. The summed E-state index contributed by atoms with van der Waals surface area (Å²) in [6.07, 6.45) is 1.66. The van der Waals surface area contributed by atoms with Crippen LogP contribution in [0.2, 0.25) is 0 Å². The number of aromatic nitrogens is 2. The number of hydrogen-bond donors (Lipinski definition) is 0. The Hall–Kier alpha value is -3.59. The topological polar surface area (TPSA) is 81.2 Å². The average Bonchev–Trinajstić information content (AvgIpc) is 3.16. The maximum atomic E-state index is 9.48. The Morgan fingerprint density at radius 2 is 1.81 bits per heavy atom. The zero-order valence-corrected chi connectivity index (χ0v) is 14.7. The summed E-state index contributed by atoms with van der Waals surface area (Å²) in [5.74, 6) is 1.79. The van der Waals surface area contributed by atoms with E-state index in [2.05, 4.69) is 16.2 Å². The average molecular weight is 347 g/mol. The fourth-order valence-corrected chi connectivity index (χ4v) is 2.40. The van der Waals surface area contributed by atoms with Crippen LogP contribution in [0.4, 0.5) is 0 Å². The molecule has 6 nitrogen and oxygen atoms in total. The molecule has 0 bridgehead atoms. The van der Waals surface area contributed by atoms with Gasteiger partial charge in [-0.2, -0.15) is 10.2 Å². The van der Waals surface area contributed by atoms with E-state index >= 15 is 0 Å². The molecule has 0 aliphatic heterocycles. The molecule has 0 N–H and O–H groups in total. The number of rotatable bonds is 5. The van der Waals surface area contributed by atoms with Gasteiger partial charge in [0.25, 0.3) is 5.89 Å². The van der Waals surface area contributed by atoms with Crippen molar-refractivity contribution in [3.63, 3.8) is 0 Å². The van der Waals surface area contributed by atoms with Gasteiger partial charge in [-0.15, -0.1) is 0 Å². The minimum atomic E-state index is 0.165. The second kappa shape index (κ2) is 7.53. The van der Waals surface area contributed by atoms with Gasteiger partial charge in [-0.1, -0.05) is 41.1 Å². The predicted molar refractivity (Wildman–Crippen MR) is 97.5 cm³/mol. The number of methoxy groups -OCH3 is 2. The minimum Gasteiger partial charge on any atom is -0.493 e. The highest BCUT2D eigenvalue weighted by molar-refractivity contribution is 5.87. The van der Waals surface area contributed by atoms with Crippen molar-refractivity contribution in [2.75, 3.05) is 14.2 Å². The third-order valence-corrected chi connectivity index (χ3v) is 3.81. The Bertz CT molecular complexity index is 982. The van der Waals surface area contributed by atoms with E-state index in [0.29, 0.717) is 17.3 Å². The molecule has 2 aromatic carbocycles. The molecule has 1 heterocycles. The van der Waals surface area contributed by atoms with Gasteiger partial charge in [0.1, 0.15) is 11.6 Å². The van der Waals surface area contributed by atoms with E-state index in [9.17, 15) is 5.26 Å². The number of hydrogen-bond acceptors (Lipinski definition) is 6. The van der Waals surface area contributed by atoms with Crippen molar-refractivity contribution in [2.24, 2.45) is 0 Å². The summed E-state index contributed by atoms with van der Waals surface area (Å²) in [6, 6.07) is 15.2. The molecule has 3 rings (SSSR count). The van der Waals surface area contributed by atoms with Crippen molar-refractivity contribution in [1.82, 2.24) is 10.1 Å². The Morgan fingerprint density at radius 3 is 2.46 bits per heavy atom. The molecule has 26 heavy (non-hydrogen) atoms. The fraction of sp³-hybridized carbons (Fsp3) is 0.150. The molecule has 0 amide bonds. The first-order valence-electron chi connectivity index (χ1n) is 7.89. The van der Waals surface area contributed by atoms with Gasteiger partial charge in [-0.05, 0) is 30.7 Å². The van der Waals surface area contributed by atoms with Gasteiger partial charge < -0.3 is 14.0 Å². The lowest BCUT2D eigenvalue weighted by Crippen LogP contribution is -1.91. The Labute approximate surface area is 151 Å². The second-order valence-corrected chi connectivity index (χ2v) is 5.57. The van der Waals surface area contributed by atoms with Gasteiger partial charge >= 0.3 is 0 Å². The van der Waals surface area contributed by atoms with Crippen molar-refractivity contribution in [1.29, 1.82) is 5.26 Å². The highest BCUT2D eigenvalue weighted by atomic mass is 16.5. The maximum Gasteiger partial charge on any atom is 0.268 e. The van der Waals surface area contributed by atoms with Crippen LogP contribution in [0.25, 0.3) is 23.0 Å². The Morgan fingerprint density at radius 1 is 1.08 bits per heavy atom. The van der Waals surface area contributed by atoms with Crippen molar-refractivity contribution in [2.45, 2.75) is 6.92 Å². The van der Waals surface area contributed by atoms with Crippen LogP contribution in [-0.2, 0) is 0 Å². The fourth-order valence-electron chi connectivity index (χ4n) is 2.40. The van der Waals surface area contributed by atoms with Crippen LogP contribution in [-0.4, -0.2) is 24.4 Å². The number of benzene rings is 2. The molecule has 0 spiro atoms. The largest absolute Gasteiger partial charge is 0.493 e. The number of nitrogens with zero attached hydrogens (tertiary/aromatic N) is 3. The number of allylic oxidation sites excluding steroid dienone is 1. The smallest absolute Gasteiger partial charge is 0.268 e. The highest BCUT2D eigenvalue weighted by Crippen LogP contribution is 2.29. The molecule has 0 atom stereocenters. The molecule has 0 fully saturated rings. The predicted octanol–water partition coefficient (Wildman–Crippen LogP) is 4.13. The van der Waals surface area contributed by atoms with E-state index in [1.807, 2.05) is 37.3 Å². The number of nitriles is 1. The van der Waals surface area contributed by atoms with Gasteiger partial charge in [0.2, 0.25) is 5.82 Å². The lowest BCUT2D eigenvalue weighted by atomic mass is 10.1. The summed E-state index contributed by atoms with van der Waals surface area (Å²) in [5.41, 5.74) is 3.00. The molecule has 6 heteroatoms. The zero-order chi connectivity index (χ0) is 18.5. The summed E-state index contributed by atoms with van der Waals surface area (Å²) in [7, 11) is 3.13. The molecule has 0 aliphatic rings. The molecule has 0 saturated heterocycles. The van der Waals surface area contributed by atoms with Gasteiger partial charge in [-0.25, -0.2) is 0 Å². The van der Waals surface area contributed by atoms with Crippen LogP contribution in [0.15, 0.2) is 47.0 Å². The first-order valence-corrected chi connectivity index (χ1v) is 7.89. The lowest BCUT2D eigenvalue weighted by Gasteiger charge is -2.07. The molecule has 3 aromatic rings. The quantitative estimate of drug-likeness (QED) is 0.646. The summed E-state index contributed by atoms with van der Waals surface area (Å²) in [5, 5.41) is 13.4. The molecule has 0 saturated carbocycles. The third kappa shape index (κ3) is 3.57. The van der Waals surface area contributed by atoms with Crippen LogP contribution in [0, 0.1) is 18.3 Å². The van der Waals surface area contributed by atoms with E-state index in [-0.39, 0.29) is 11.5 Å². The van der Waals surface area contributed by atoms with E-state index in [1.165, 1.54) is 0 Å². The van der Waals surface area contributed by atoms with Gasteiger partial charge in [-0.3, -0.25) is 0 Å². The van der Waals surface area contributed by atoms with E-state index < -0.39 is 0 Å². The van der Waals surface area contributed by atoms with E-state index in [0.717, 1.165) is 16.7 Å². The summed E-state index contributed by atoms with van der Waals surface area (Å²) in [6.45, 7) is 2.01. The van der Waals surface area contributed by atoms with Crippen molar-refractivity contribution in [3.8, 4) is 29.0 Å². The van der Waals surface area contributed by atoms with Crippen molar-refractivity contribution in [3.05, 3.63) is 59.5 Å². The van der Waals surface area contributed by atoms with Crippen molar-refractivity contribution < 1.29 is 14.0 Å². The first-order chi connectivity index (χ1) is 12.6. The molecule has 130 valence electrons. The molecule has 1 aromatic heterocycles. The van der Waals surface area contributed by atoms with Gasteiger partial charge in [0.15, 0.2) is 11.5 Å². The molecule has 0 unspecified atom stereocenters. The van der Waals surface area contributed by atoms with Crippen LogP contribution < -0.4 is 9.47 Å². The molecule has 0 aliphatic carbocycles. The highest BCUT2D eigenvalue weighted by Gasteiger charge is 2.13. The lowest BCUT2D eigenvalue weighted by molar-refractivity contribution is 0.355. The molecular weight excluding hydrogens is 330 g/mol.